The van der Waals surface area contributed by atoms with Gasteiger partial charge in [0, 0.05) is 17.8 Å². The minimum atomic E-state index is 0.176. The molecule has 3 nitrogen and oxygen atoms in total. The Balaban J connectivity index is 1.79. The zero-order chi connectivity index (χ0) is 11.6. The monoisotopic (exact) mass is 242 g/mol. The first-order valence-electron chi connectivity index (χ1n) is 6.23. The molecular formula is C12H22N2OS. The summed E-state index contributed by atoms with van der Waals surface area (Å²) in [4.78, 5) is 12.0. The number of nitrogens with one attached hydrogen (secondary N) is 2. The van der Waals surface area contributed by atoms with Crippen LogP contribution >= 0.6 is 11.8 Å². The Morgan fingerprint density at radius 3 is 2.94 bits per heavy atom. The maximum Gasteiger partial charge on any atom is 0.224 e. The standard InChI is InChI=1S/C12H22N2OS/c1-9-6-13-7-10(9)11(15)14-8-12(2)4-3-5-16-12/h9-10,13H,3-8H2,1-2H3,(H,14,15). The van der Waals surface area contributed by atoms with Crippen molar-refractivity contribution in [3.8, 4) is 0 Å². The maximum atomic E-state index is 12.0. The number of hydrogen-bond donors (Lipinski definition) is 2. The molecule has 0 spiro atoms. The third-order valence-corrected chi connectivity index (χ3v) is 5.33. The lowest BCUT2D eigenvalue weighted by molar-refractivity contribution is -0.125. The second kappa shape index (κ2) is 4.96. The average Bonchev–Trinajstić information content (AvgIpc) is 2.85. The highest BCUT2D eigenvalue weighted by Crippen LogP contribution is 2.37. The van der Waals surface area contributed by atoms with Gasteiger partial charge < -0.3 is 10.6 Å². The van der Waals surface area contributed by atoms with Crippen molar-refractivity contribution in [3.05, 3.63) is 0 Å². The van der Waals surface area contributed by atoms with Gasteiger partial charge in [-0.1, -0.05) is 6.92 Å². The van der Waals surface area contributed by atoms with Crippen molar-refractivity contribution >= 4 is 17.7 Å². The van der Waals surface area contributed by atoms with Gasteiger partial charge in [0.05, 0.1) is 5.92 Å². The highest BCUT2D eigenvalue weighted by atomic mass is 32.2. The van der Waals surface area contributed by atoms with Gasteiger partial charge in [0.2, 0.25) is 5.91 Å². The molecule has 0 aromatic rings. The van der Waals surface area contributed by atoms with Crippen LogP contribution in [-0.2, 0) is 4.79 Å². The first kappa shape index (κ1) is 12.2. The fourth-order valence-corrected chi connectivity index (χ4v) is 3.79. The zero-order valence-electron chi connectivity index (χ0n) is 10.2. The number of thioether (sulfide) groups is 1. The Hall–Kier alpha value is -0.220. The fraction of sp³-hybridized carbons (Fsp3) is 0.917. The lowest BCUT2D eigenvalue weighted by atomic mass is 9.97. The van der Waals surface area contributed by atoms with E-state index in [-0.39, 0.29) is 16.6 Å². The quantitative estimate of drug-likeness (QED) is 0.782. The Morgan fingerprint density at radius 2 is 2.38 bits per heavy atom. The largest absolute Gasteiger partial charge is 0.354 e. The molecule has 16 heavy (non-hydrogen) atoms. The highest BCUT2D eigenvalue weighted by Gasteiger charge is 2.33. The Morgan fingerprint density at radius 1 is 1.56 bits per heavy atom. The van der Waals surface area contributed by atoms with E-state index in [0.29, 0.717) is 5.92 Å². The van der Waals surface area contributed by atoms with Crippen LogP contribution in [0.3, 0.4) is 0 Å². The minimum absolute atomic E-state index is 0.176. The molecule has 2 aliphatic heterocycles. The van der Waals surface area contributed by atoms with Gasteiger partial charge in [0.1, 0.15) is 0 Å². The van der Waals surface area contributed by atoms with E-state index < -0.39 is 0 Å². The summed E-state index contributed by atoms with van der Waals surface area (Å²) >= 11 is 2.00. The summed E-state index contributed by atoms with van der Waals surface area (Å²) in [6.07, 6.45) is 2.52. The van der Waals surface area contributed by atoms with Crippen molar-refractivity contribution in [1.29, 1.82) is 0 Å². The normalized spacial score (nSPS) is 38.9. The van der Waals surface area contributed by atoms with Crippen LogP contribution in [0.25, 0.3) is 0 Å². The van der Waals surface area contributed by atoms with Crippen molar-refractivity contribution < 1.29 is 4.79 Å². The van der Waals surface area contributed by atoms with Crippen LogP contribution in [0.1, 0.15) is 26.7 Å². The number of amides is 1. The summed E-state index contributed by atoms with van der Waals surface area (Å²) in [5.74, 6) is 2.14. The second-order valence-corrected chi connectivity index (χ2v) is 7.04. The third kappa shape index (κ3) is 2.72. The van der Waals surface area contributed by atoms with Gasteiger partial charge in [0.25, 0.3) is 0 Å². The van der Waals surface area contributed by atoms with E-state index in [4.69, 9.17) is 0 Å². The molecule has 0 bridgehead atoms. The minimum Gasteiger partial charge on any atom is -0.354 e. The summed E-state index contributed by atoms with van der Waals surface area (Å²) < 4.78 is 0.283. The van der Waals surface area contributed by atoms with Crippen LogP contribution in [0.15, 0.2) is 0 Å². The molecule has 4 heteroatoms. The molecule has 3 unspecified atom stereocenters. The van der Waals surface area contributed by atoms with E-state index >= 15 is 0 Å². The molecule has 2 rings (SSSR count). The third-order valence-electron chi connectivity index (χ3n) is 3.79. The van der Waals surface area contributed by atoms with Crippen molar-refractivity contribution in [2.75, 3.05) is 25.4 Å². The molecule has 0 aromatic carbocycles. The van der Waals surface area contributed by atoms with Gasteiger partial charge >= 0.3 is 0 Å². The van der Waals surface area contributed by atoms with Crippen molar-refractivity contribution in [1.82, 2.24) is 10.6 Å². The first-order valence-corrected chi connectivity index (χ1v) is 7.22. The van der Waals surface area contributed by atoms with E-state index in [1.165, 1.54) is 18.6 Å². The van der Waals surface area contributed by atoms with Crippen LogP contribution in [0.5, 0.6) is 0 Å². The molecule has 2 saturated heterocycles. The smallest absolute Gasteiger partial charge is 0.224 e. The van der Waals surface area contributed by atoms with Crippen LogP contribution in [0.2, 0.25) is 0 Å². The van der Waals surface area contributed by atoms with Gasteiger partial charge in [-0.15, -0.1) is 0 Å². The molecular weight excluding hydrogens is 220 g/mol. The van der Waals surface area contributed by atoms with Crippen LogP contribution in [0, 0.1) is 11.8 Å². The zero-order valence-corrected chi connectivity index (χ0v) is 11.0. The lowest BCUT2D eigenvalue weighted by Gasteiger charge is -2.24. The van der Waals surface area contributed by atoms with Gasteiger partial charge in [-0.3, -0.25) is 4.79 Å². The van der Waals surface area contributed by atoms with Crippen LogP contribution in [0.4, 0.5) is 0 Å². The van der Waals surface area contributed by atoms with Gasteiger partial charge in [-0.05, 0) is 38.0 Å². The molecule has 3 atom stereocenters. The summed E-state index contributed by atoms with van der Waals surface area (Å²) in [5.41, 5.74) is 0. The molecule has 0 saturated carbocycles. The van der Waals surface area contributed by atoms with Crippen molar-refractivity contribution in [2.45, 2.75) is 31.4 Å². The van der Waals surface area contributed by atoms with Crippen LogP contribution < -0.4 is 10.6 Å². The fourth-order valence-electron chi connectivity index (χ4n) is 2.54. The first-order chi connectivity index (χ1) is 7.61. The van der Waals surface area contributed by atoms with Crippen molar-refractivity contribution in [2.24, 2.45) is 11.8 Å². The van der Waals surface area contributed by atoms with E-state index in [2.05, 4.69) is 24.5 Å². The Bertz CT molecular complexity index is 264. The summed E-state index contributed by atoms with van der Waals surface area (Å²) in [6, 6.07) is 0. The van der Waals surface area contributed by atoms with Gasteiger partial charge in [-0.25, -0.2) is 0 Å². The van der Waals surface area contributed by atoms with Crippen molar-refractivity contribution in [3.63, 3.8) is 0 Å². The summed E-state index contributed by atoms with van der Waals surface area (Å²) in [7, 11) is 0. The lowest BCUT2D eigenvalue weighted by Crippen LogP contribution is -2.41. The van der Waals surface area contributed by atoms with E-state index in [1.54, 1.807) is 0 Å². The van der Waals surface area contributed by atoms with E-state index in [1.807, 2.05) is 11.8 Å². The molecule has 92 valence electrons. The molecule has 2 fully saturated rings. The average molecular weight is 242 g/mol. The van der Waals surface area contributed by atoms with Crippen LogP contribution in [-0.4, -0.2) is 36.0 Å². The molecule has 2 N–H and O–H groups in total. The predicted octanol–water partition coefficient (Wildman–Crippen LogP) is 1.24. The molecule has 0 radical (unpaired) electrons. The van der Waals surface area contributed by atoms with E-state index in [9.17, 15) is 4.79 Å². The van der Waals surface area contributed by atoms with Gasteiger partial charge in [-0.2, -0.15) is 11.8 Å². The Labute approximate surface area is 102 Å². The SMILES string of the molecule is CC1CNCC1C(=O)NCC1(C)CCCS1. The molecule has 2 aliphatic rings. The molecule has 1 amide bonds. The van der Waals surface area contributed by atoms with E-state index in [0.717, 1.165) is 19.6 Å². The molecule has 0 aliphatic carbocycles. The Kier molecular flexibility index (Phi) is 3.80. The second-order valence-electron chi connectivity index (χ2n) is 5.36. The number of carbonyl (C=O) groups excluding carboxylic acids is 1. The van der Waals surface area contributed by atoms with Gasteiger partial charge in [0.15, 0.2) is 0 Å². The molecule has 2 heterocycles. The number of carbonyl (C=O) groups is 1. The summed E-state index contributed by atoms with van der Waals surface area (Å²) in [5, 5.41) is 6.41. The number of hydrogen-bond acceptors (Lipinski definition) is 3. The topological polar surface area (TPSA) is 41.1 Å². The predicted molar refractivity (Wildman–Crippen MR) is 68.6 cm³/mol. The molecule has 0 aromatic heterocycles. The highest BCUT2D eigenvalue weighted by molar-refractivity contribution is 8.00. The summed E-state index contributed by atoms with van der Waals surface area (Å²) in [6.45, 7) is 7.07. The maximum absolute atomic E-state index is 12.0. The number of rotatable bonds is 3.